The highest BCUT2D eigenvalue weighted by atomic mass is 16.5. The Balaban J connectivity index is 2.91. The number of hydrogen-bond donors (Lipinski definition) is 2. The molecule has 102 valence electrons. The van der Waals surface area contributed by atoms with Crippen LogP contribution in [-0.4, -0.2) is 18.3 Å². The van der Waals surface area contributed by atoms with Crippen molar-refractivity contribution < 1.29 is 9.53 Å². The lowest BCUT2D eigenvalue weighted by Crippen LogP contribution is -2.24. The Bertz CT molecular complexity index is 482. The van der Waals surface area contributed by atoms with Crippen molar-refractivity contribution in [3.05, 3.63) is 42.0 Å². The molecule has 0 bridgehead atoms. The second kappa shape index (κ2) is 7.20. The van der Waals surface area contributed by atoms with Crippen LogP contribution in [-0.2, 0) is 6.42 Å². The maximum absolute atomic E-state index is 10.5. The number of amides is 2. The van der Waals surface area contributed by atoms with Gasteiger partial charge in [0.05, 0.1) is 12.3 Å². The molecule has 0 heterocycles. The first-order valence-electron chi connectivity index (χ1n) is 6.02. The van der Waals surface area contributed by atoms with Crippen molar-refractivity contribution in [2.45, 2.75) is 26.4 Å². The summed E-state index contributed by atoms with van der Waals surface area (Å²) in [5.74, 6) is 0.829. The molecule has 0 radical (unpaired) electrons. The number of nitrogens with one attached hydrogen (secondary N) is 1. The Kier molecular flexibility index (Phi) is 5.60. The minimum absolute atomic E-state index is 0.111. The third-order valence-corrected chi connectivity index (χ3v) is 2.20. The van der Waals surface area contributed by atoms with E-state index < -0.39 is 6.03 Å². The molecule has 0 aromatic heterocycles. The molecule has 0 saturated carbocycles. The van der Waals surface area contributed by atoms with Crippen LogP contribution < -0.4 is 15.9 Å². The molecule has 3 N–H and O–H groups in total. The van der Waals surface area contributed by atoms with Crippen LogP contribution in [0.3, 0.4) is 0 Å². The Morgan fingerprint density at radius 2 is 2.32 bits per heavy atom. The molecule has 19 heavy (non-hydrogen) atoms. The summed E-state index contributed by atoms with van der Waals surface area (Å²) >= 11 is 0. The third-order valence-electron chi connectivity index (χ3n) is 2.20. The number of nitrogens with two attached hydrogens (primary N) is 1. The first-order chi connectivity index (χ1) is 9.02. The number of hydrazone groups is 1. The van der Waals surface area contributed by atoms with Crippen LogP contribution in [0.15, 0.2) is 36.0 Å². The SMILES string of the molecule is C=CCc1cc(C=NNC(N)=O)ccc1OC(C)C. The number of rotatable bonds is 6. The monoisotopic (exact) mass is 261 g/mol. The second-order valence-corrected chi connectivity index (χ2v) is 4.26. The van der Waals surface area contributed by atoms with E-state index in [1.54, 1.807) is 0 Å². The van der Waals surface area contributed by atoms with E-state index in [2.05, 4.69) is 17.1 Å². The van der Waals surface area contributed by atoms with Gasteiger partial charge in [0.2, 0.25) is 0 Å². The van der Waals surface area contributed by atoms with Crippen molar-refractivity contribution in [3.8, 4) is 5.75 Å². The zero-order chi connectivity index (χ0) is 14.3. The van der Waals surface area contributed by atoms with Crippen molar-refractivity contribution in [3.63, 3.8) is 0 Å². The Hall–Kier alpha value is -2.30. The largest absolute Gasteiger partial charge is 0.491 e. The zero-order valence-electron chi connectivity index (χ0n) is 11.2. The lowest BCUT2D eigenvalue weighted by Gasteiger charge is -2.14. The van der Waals surface area contributed by atoms with Crippen molar-refractivity contribution in [1.29, 1.82) is 0 Å². The van der Waals surface area contributed by atoms with Gasteiger partial charge in [-0.2, -0.15) is 5.10 Å². The fourth-order valence-electron chi connectivity index (χ4n) is 1.53. The normalized spacial score (nSPS) is 10.7. The van der Waals surface area contributed by atoms with Crippen LogP contribution in [0, 0.1) is 0 Å². The van der Waals surface area contributed by atoms with Gasteiger partial charge in [-0.1, -0.05) is 6.08 Å². The standard InChI is InChI=1S/C14H19N3O2/c1-4-5-12-8-11(9-16-17-14(15)18)6-7-13(12)19-10(2)3/h4,6-10H,1,5H2,2-3H3,(H3,15,17,18). The average molecular weight is 261 g/mol. The summed E-state index contributed by atoms with van der Waals surface area (Å²) < 4.78 is 5.71. The highest BCUT2D eigenvalue weighted by molar-refractivity contribution is 5.82. The van der Waals surface area contributed by atoms with Crippen LogP contribution in [0.5, 0.6) is 5.75 Å². The molecule has 5 nitrogen and oxygen atoms in total. The summed E-state index contributed by atoms with van der Waals surface area (Å²) in [7, 11) is 0. The van der Waals surface area contributed by atoms with Gasteiger partial charge in [-0.05, 0) is 49.6 Å². The molecule has 1 aromatic rings. The molecule has 5 heteroatoms. The predicted molar refractivity (Wildman–Crippen MR) is 76.4 cm³/mol. The van der Waals surface area contributed by atoms with E-state index in [1.807, 2.05) is 38.1 Å². The van der Waals surface area contributed by atoms with Gasteiger partial charge in [0.15, 0.2) is 0 Å². The van der Waals surface area contributed by atoms with E-state index in [-0.39, 0.29) is 6.10 Å². The van der Waals surface area contributed by atoms with Crippen LogP contribution in [0.2, 0.25) is 0 Å². The highest BCUT2D eigenvalue weighted by Gasteiger charge is 2.05. The highest BCUT2D eigenvalue weighted by Crippen LogP contribution is 2.21. The average Bonchev–Trinajstić information content (AvgIpc) is 2.31. The fraction of sp³-hybridized carbons (Fsp3) is 0.286. The first-order valence-corrected chi connectivity index (χ1v) is 6.02. The van der Waals surface area contributed by atoms with Gasteiger partial charge >= 0.3 is 6.03 Å². The van der Waals surface area contributed by atoms with Crippen LogP contribution in [0.4, 0.5) is 4.79 Å². The van der Waals surface area contributed by atoms with Crippen LogP contribution in [0.1, 0.15) is 25.0 Å². The molecular weight excluding hydrogens is 242 g/mol. The van der Waals surface area contributed by atoms with E-state index in [0.29, 0.717) is 6.42 Å². The second-order valence-electron chi connectivity index (χ2n) is 4.26. The molecule has 2 amide bonds. The predicted octanol–water partition coefficient (Wildman–Crippen LogP) is 2.20. The molecule has 0 unspecified atom stereocenters. The number of primary amides is 1. The molecule has 0 fully saturated rings. The van der Waals surface area contributed by atoms with Crippen LogP contribution in [0.25, 0.3) is 0 Å². The number of nitrogens with zero attached hydrogens (tertiary/aromatic N) is 1. The fourth-order valence-corrected chi connectivity index (χ4v) is 1.53. The molecule has 1 aromatic carbocycles. The maximum atomic E-state index is 10.5. The minimum atomic E-state index is -0.692. The number of hydrogen-bond acceptors (Lipinski definition) is 3. The number of benzene rings is 1. The quantitative estimate of drug-likeness (QED) is 0.468. The van der Waals surface area contributed by atoms with Gasteiger partial charge in [-0.3, -0.25) is 0 Å². The van der Waals surface area contributed by atoms with Crippen molar-refractivity contribution in [2.24, 2.45) is 10.8 Å². The van der Waals surface area contributed by atoms with Gasteiger partial charge in [-0.15, -0.1) is 6.58 Å². The van der Waals surface area contributed by atoms with E-state index in [1.165, 1.54) is 6.21 Å². The summed E-state index contributed by atoms with van der Waals surface area (Å²) in [5.41, 5.74) is 8.93. The molecule has 0 spiro atoms. The lowest BCUT2D eigenvalue weighted by molar-refractivity contribution is 0.240. The summed E-state index contributed by atoms with van der Waals surface area (Å²) in [6.45, 7) is 7.68. The molecule has 0 atom stereocenters. The molecule has 1 rings (SSSR count). The van der Waals surface area contributed by atoms with Crippen molar-refractivity contribution in [2.75, 3.05) is 0 Å². The Morgan fingerprint density at radius 3 is 2.89 bits per heavy atom. The molecular formula is C14H19N3O2. The van der Waals surface area contributed by atoms with Gasteiger partial charge in [-0.25, -0.2) is 10.2 Å². The van der Waals surface area contributed by atoms with E-state index in [0.717, 1.165) is 16.9 Å². The molecule has 0 aliphatic rings. The number of carbonyl (C=O) groups excluding carboxylic acids is 1. The first kappa shape index (κ1) is 14.8. The number of carbonyl (C=O) groups is 1. The maximum Gasteiger partial charge on any atom is 0.332 e. The Labute approximate surface area is 113 Å². The number of allylic oxidation sites excluding steroid dienone is 1. The number of urea groups is 1. The minimum Gasteiger partial charge on any atom is -0.491 e. The molecule has 0 aliphatic heterocycles. The summed E-state index contributed by atoms with van der Waals surface area (Å²) in [6.07, 6.45) is 4.15. The smallest absolute Gasteiger partial charge is 0.332 e. The molecule has 0 saturated heterocycles. The summed E-state index contributed by atoms with van der Waals surface area (Å²) in [4.78, 5) is 10.5. The Morgan fingerprint density at radius 1 is 1.58 bits per heavy atom. The van der Waals surface area contributed by atoms with Crippen molar-refractivity contribution in [1.82, 2.24) is 5.43 Å². The van der Waals surface area contributed by atoms with Gasteiger partial charge in [0.1, 0.15) is 5.75 Å². The lowest BCUT2D eigenvalue weighted by atomic mass is 10.1. The third kappa shape index (κ3) is 5.25. The molecule has 0 aliphatic carbocycles. The topological polar surface area (TPSA) is 76.7 Å². The summed E-state index contributed by atoms with van der Waals surface area (Å²) in [6, 6.07) is 4.98. The van der Waals surface area contributed by atoms with E-state index in [9.17, 15) is 4.79 Å². The van der Waals surface area contributed by atoms with Gasteiger partial charge in [0.25, 0.3) is 0 Å². The van der Waals surface area contributed by atoms with Crippen LogP contribution >= 0.6 is 0 Å². The van der Waals surface area contributed by atoms with E-state index >= 15 is 0 Å². The van der Waals surface area contributed by atoms with Gasteiger partial charge in [0, 0.05) is 0 Å². The summed E-state index contributed by atoms with van der Waals surface area (Å²) in [5, 5.41) is 3.72. The van der Waals surface area contributed by atoms with E-state index in [4.69, 9.17) is 10.5 Å². The van der Waals surface area contributed by atoms with Gasteiger partial charge < -0.3 is 10.5 Å². The van der Waals surface area contributed by atoms with Crippen molar-refractivity contribution >= 4 is 12.2 Å². The zero-order valence-corrected chi connectivity index (χ0v) is 11.2. The number of ether oxygens (including phenoxy) is 1.